The number of hydrogen-bond acceptors (Lipinski definition) is 5. The number of nitrogens with zero attached hydrogens (tertiary/aromatic N) is 1. The molecular weight excluding hydrogens is 318 g/mol. The van der Waals surface area contributed by atoms with Crippen molar-refractivity contribution in [2.24, 2.45) is 0 Å². The van der Waals surface area contributed by atoms with Gasteiger partial charge in [-0.2, -0.15) is 0 Å². The van der Waals surface area contributed by atoms with Crippen molar-refractivity contribution in [1.29, 1.82) is 0 Å². The molecule has 0 bridgehead atoms. The minimum Gasteiger partial charge on any atom is -0.493 e. The standard InChI is InChI=1S/C20H17NO4/c1-22-17-5-11-3-4-12-14-7-19-20(25-10-24-19)8-16(14)21-9-15(12)13(11)6-18(17)23-2/h5-9H,3-4,10H2,1-2H3. The highest BCUT2D eigenvalue weighted by Gasteiger charge is 2.23. The van der Waals surface area contributed by atoms with Gasteiger partial charge in [0.2, 0.25) is 6.79 Å². The van der Waals surface area contributed by atoms with E-state index >= 15 is 0 Å². The van der Waals surface area contributed by atoms with Crippen molar-refractivity contribution in [2.75, 3.05) is 21.0 Å². The van der Waals surface area contributed by atoms with Gasteiger partial charge in [0.15, 0.2) is 23.0 Å². The number of hydrogen-bond donors (Lipinski definition) is 0. The Bertz CT molecular complexity index is 1010. The molecule has 25 heavy (non-hydrogen) atoms. The first kappa shape index (κ1) is 14.4. The Kier molecular flexibility index (Phi) is 3.04. The summed E-state index contributed by atoms with van der Waals surface area (Å²) in [5.41, 5.74) is 5.79. The Morgan fingerprint density at radius 3 is 2.44 bits per heavy atom. The van der Waals surface area contributed by atoms with E-state index in [2.05, 4.69) is 17.1 Å². The molecule has 2 heterocycles. The van der Waals surface area contributed by atoms with Crippen LogP contribution in [0.15, 0.2) is 30.5 Å². The Hall–Kier alpha value is -2.95. The molecule has 0 saturated heterocycles. The zero-order chi connectivity index (χ0) is 17.0. The molecule has 2 aliphatic rings. The average Bonchev–Trinajstić information content (AvgIpc) is 3.11. The Labute approximate surface area is 145 Å². The molecule has 0 N–H and O–H groups in total. The van der Waals surface area contributed by atoms with E-state index in [4.69, 9.17) is 18.9 Å². The van der Waals surface area contributed by atoms with Crippen LogP contribution in [0.1, 0.15) is 11.1 Å². The first-order chi connectivity index (χ1) is 12.3. The van der Waals surface area contributed by atoms with Gasteiger partial charge in [0.05, 0.1) is 19.7 Å². The lowest BCUT2D eigenvalue weighted by Gasteiger charge is -2.23. The Balaban J connectivity index is 1.75. The van der Waals surface area contributed by atoms with E-state index in [9.17, 15) is 0 Å². The van der Waals surface area contributed by atoms with E-state index in [1.165, 1.54) is 11.1 Å². The van der Waals surface area contributed by atoms with Gasteiger partial charge >= 0.3 is 0 Å². The molecule has 0 atom stereocenters. The number of fused-ring (bicyclic) bond motifs is 6. The Morgan fingerprint density at radius 1 is 0.880 bits per heavy atom. The van der Waals surface area contributed by atoms with Crippen LogP contribution in [0, 0.1) is 0 Å². The quantitative estimate of drug-likeness (QED) is 0.714. The van der Waals surface area contributed by atoms with Crippen molar-refractivity contribution in [1.82, 2.24) is 4.98 Å². The average molecular weight is 335 g/mol. The number of pyridine rings is 1. The van der Waals surface area contributed by atoms with Gasteiger partial charge < -0.3 is 18.9 Å². The van der Waals surface area contributed by atoms with Gasteiger partial charge in [-0.05, 0) is 47.7 Å². The SMILES string of the molecule is COc1cc2c(cc1OC)-c1cnc3cc4c(cc3c1CC2)OCO4. The van der Waals surface area contributed by atoms with Gasteiger partial charge in [-0.25, -0.2) is 0 Å². The van der Waals surface area contributed by atoms with E-state index < -0.39 is 0 Å². The van der Waals surface area contributed by atoms with Crippen molar-refractivity contribution in [3.05, 3.63) is 41.6 Å². The van der Waals surface area contributed by atoms with Crippen molar-refractivity contribution in [3.63, 3.8) is 0 Å². The molecule has 5 nitrogen and oxygen atoms in total. The van der Waals surface area contributed by atoms with Crippen LogP contribution >= 0.6 is 0 Å². The summed E-state index contributed by atoms with van der Waals surface area (Å²) in [5, 5.41) is 1.13. The summed E-state index contributed by atoms with van der Waals surface area (Å²) in [6, 6.07) is 8.13. The summed E-state index contributed by atoms with van der Waals surface area (Å²) in [6.07, 6.45) is 3.86. The second kappa shape index (κ2) is 5.28. The predicted molar refractivity (Wildman–Crippen MR) is 93.8 cm³/mol. The van der Waals surface area contributed by atoms with E-state index in [1.54, 1.807) is 14.2 Å². The molecule has 0 unspecified atom stereocenters. The topological polar surface area (TPSA) is 49.8 Å². The van der Waals surface area contributed by atoms with Crippen LogP contribution in [0.2, 0.25) is 0 Å². The molecule has 0 fully saturated rings. The highest BCUT2D eigenvalue weighted by atomic mass is 16.7. The number of rotatable bonds is 2. The monoisotopic (exact) mass is 335 g/mol. The van der Waals surface area contributed by atoms with Gasteiger partial charge in [-0.1, -0.05) is 0 Å². The van der Waals surface area contributed by atoms with Gasteiger partial charge in [-0.3, -0.25) is 4.98 Å². The molecule has 0 amide bonds. The lowest BCUT2D eigenvalue weighted by molar-refractivity contribution is 0.174. The largest absolute Gasteiger partial charge is 0.493 e. The predicted octanol–water partition coefficient (Wildman–Crippen LogP) is 3.75. The molecule has 3 aromatic rings. The summed E-state index contributed by atoms with van der Waals surface area (Å²) in [5.74, 6) is 3.06. The number of aryl methyl sites for hydroxylation is 2. The third kappa shape index (κ3) is 2.05. The summed E-state index contributed by atoms with van der Waals surface area (Å²) < 4.78 is 21.9. The molecule has 5 heteroatoms. The van der Waals surface area contributed by atoms with Crippen molar-refractivity contribution >= 4 is 10.9 Å². The molecule has 0 spiro atoms. The van der Waals surface area contributed by atoms with Gasteiger partial charge in [0.25, 0.3) is 0 Å². The van der Waals surface area contributed by atoms with E-state index in [0.29, 0.717) is 0 Å². The van der Waals surface area contributed by atoms with Crippen LogP contribution in [0.3, 0.4) is 0 Å². The zero-order valence-corrected chi connectivity index (χ0v) is 14.1. The minimum absolute atomic E-state index is 0.272. The first-order valence-corrected chi connectivity index (χ1v) is 8.25. The maximum absolute atomic E-state index is 5.55. The zero-order valence-electron chi connectivity index (χ0n) is 14.1. The normalized spacial score (nSPS) is 14.2. The molecule has 2 aromatic carbocycles. The molecule has 1 aliphatic heterocycles. The fourth-order valence-corrected chi connectivity index (χ4v) is 3.78. The van der Waals surface area contributed by atoms with Crippen LogP contribution in [0.5, 0.6) is 23.0 Å². The molecule has 1 aromatic heterocycles. The fourth-order valence-electron chi connectivity index (χ4n) is 3.78. The van der Waals surface area contributed by atoms with Crippen LogP contribution in [0.25, 0.3) is 22.0 Å². The molecular formula is C20H17NO4. The summed E-state index contributed by atoms with van der Waals surface area (Å²) in [7, 11) is 3.33. The van der Waals surface area contributed by atoms with Crippen LogP contribution in [-0.2, 0) is 12.8 Å². The van der Waals surface area contributed by atoms with Crippen LogP contribution in [-0.4, -0.2) is 26.0 Å². The number of methoxy groups -OCH3 is 2. The van der Waals surface area contributed by atoms with Gasteiger partial charge in [0, 0.05) is 23.2 Å². The van der Waals surface area contributed by atoms with E-state index in [1.807, 2.05) is 18.3 Å². The summed E-state index contributed by atoms with van der Waals surface area (Å²) in [6.45, 7) is 0.272. The van der Waals surface area contributed by atoms with Gasteiger partial charge in [-0.15, -0.1) is 0 Å². The molecule has 1 aliphatic carbocycles. The smallest absolute Gasteiger partial charge is 0.231 e. The molecule has 5 rings (SSSR count). The van der Waals surface area contributed by atoms with E-state index in [-0.39, 0.29) is 6.79 Å². The highest BCUT2D eigenvalue weighted by Crippen LogP contribution is 2.44. The lowest BCUT2D eigenvalue weighted by atomic mass is 9.84. The maximum Gasteiger partial charge on any atom is 0.231 e. The number of benzene rings is 2. The lowest BCUT2D eigenvalue weighted by Crippen LogP contribution is -2.06. The van der Waals surface area contributed by atoms with Crippen molar-refractivity contribution < 1.29 is 18.9 Å². The third-order valence-electron chi connectivity index (χ3n) is 5.02. The van der Waals surface area contributed by atoms with Crippen molar-refractivity contribution in [2.45, 2.75) is 12.8 Å². The second-order valence-corrected chi connectivity index (χ2v) is 6.24. The molecule has 126 valence electrons. The van der Waals surface area contributed by atoms with E-state index in [0.717, 1.165) is 57.9 Å². The second-order valence-electron chi connectivity index (χ2n) is 6.24. The maximum atomic E-state index is 5.55. The molecule has 0 radical (unpaired) electrons. The number of aromatic nitrogens is 1. The summed E-state index contributed by atoms with van der Waals surface area (Å²) >= 11 is 0. The number of ether oxygens (including phenoxy) is 4. The van der Waals surface area contributed by atoms with Crippen molar-refractivity contribution in [3.8, 4) is 34.1 Å². The summed E-state index contributed by atoms with van der Waals surface area (Å²) in [4.78, 5) is 4.66. The Morgan fingerprint density at radius 2 is 1.64 bits per heavy atom. The third-order valence-corrected chi connectivity index (χ3v) is 5.02. The minimum atomic E-state index is 0.272. The first-order valence-electron chi connectivity index (χ1n) is 8.25. The van der Waals surface area contributed by atoms with Crippen LogP contribution < -0.4 is 18.9 Å². The van der Waals surface area contributed by atoms with Crippen LogP contribution in [0.4, 0.5) is 0 Å². The molecule has 0 saturated carbocycles. The fraction of sp³-hybridized carbons (Fsp3) is 0.250. The van der Waals surface area contributed by atoms with Gasteiger partial charge in [0.1, 0.15) is 0 Å². The highest BCUT2D eigenvalue weighted by molar-refractivity contribution is 5.92.